The number of sulfone groups is 1. The van der Waals surface area contributed by atoms with Gasteiger partial charge >= 0.3 is 0 Å². The fraction of sp³-hybridized carbons (Fsp3) is 0.381. The first kappa shape index (κ1) is 20.2. The lowest BCUT2D eigenvalue weighted by molar-refractivity contribution is 0.0746. The van der Waals surface area contributed by atoms with Crippen molar-refractivity contribution in [2.75, 3.05) is 37.3 Å². The normalized spacial score (nSPS) is 15.0. The molecule has 1 aliphatic rings. The summed E-state index contributed by atoms with van der Waals surface area (Å²) in [6, 6.07) is 8.61. The highest BCUT2D eigenvalue weighted by Gasteiger charge is 2.25. The van der Waals surface area contributed by atoms with E-state index in [4.69, 9.17) is 0 Å². The Morgan fingerprint density at radius 1 is 0.929 bits per heavy atom. The van der Waals surface area contributed by atoms with E-state index in [0.29, 0.717) is 37.5 Å². The van der Waals surface area contributed by atoms with Crippen LogP contribution < -0.4 is 4.90 Å². The van der Waals surface area contributed by atoms with Crippen LogP contribution in [0.25, 0.3) is 0 Å². The summed E-state index contributed by atoms with van der Waals surface area (Å²) in [6.07, 6.45) is 1.15. The highest BCUT2D eigenvalue weighted by atomic mass is 32.2. The van der Waals surface area contributed by atoms with Gasteiger partial charge in [-0.25, -0.2) is 8.42 Å². The van der Waals surface area contributed by atoms with Crippen LogP contribution in [0.15, 0.2) is 35.2 Å². The van der Waals surface area contributed by atoms with E-state index in [2.05, 4.69) is 4.90 Å². The fourth-order valence-corrected chi connectivity index (χ4v) is 4.16. The van der Waals surface area contributed by atoms with E-state index in [1.165, 1.54) is 12.1 Å². The number of hydrogen-bond donors (Lipinski definition) is 1. The van der Waals surface area contributed by atoms with E-state index in [-0.39, 0.29) is 10.8 Å². The summed E-state index contributed by atoms with van der Waals surface area (Å²) in [5, 5.41) is 9.96. The van der Waals surface area contributed by atoms with Crippen molar-refractivity contribution in [1.82, 2.24) is 4.90 Å². The minimum atomic E-state index is -3.36. The Bertz CT molecular complexity index is 1000. The highest BCUT2D eigenvalue weighted by molar-refractivity contribution is 7.90. The van der Waals surface area contributed by atoms with Gasteiger partial charge in [-0.1, -0.05) is 6.07 Å². The number of rotatable bonds is 3. The Morgan fingerprint density at radius 2 is 1.50 bits per heavy atom. The van der Waals surface area contributed by atoms with Crippen LogP contribution in [0.3, 0.4) is 0 Å². The first-order chi connectivity index (χ1) is 13.1. The van der Waals surface area contributed by atoms with Crippen LogP contribution in [0.1, 0.15) is 27.0 Å². The van der Waals surface area contributed by atoms with Crippen molar-refractivity contribution in [1.29, 1.82) is 0 Å². The molecule has 28 heavy (non-hydrogen) atoms. The molecule has 0 atom stereocenters. The number of carbonyl (C=O) groups excluding carboxylic acids is 1. The Hall–Kier alpha value is -2.54. The molecule has 1 aliphatic heterocycles. The number of carbonyl (C=O) groups is 1. The van der Waals surface area contributed by atoms with Gasteiger partial charge in [0.1, 0.15) is 5.75 Å². The van der Waals surface area contributed by atoms with Crippen LogP contribution >= 0.6 is 0 Å². The van der Waals surface area contributed by atoms with Crippen molar-refractivity contribution in [3.8, 4) is 5.75 Å². The summed E-state index contributed by atoms with van der Waals surface area (Å²) in [5.41, 5.74) is 3.91. The van der Waals surface area contributed by atoms with Gasteiger partial charge < -0.3 is 14.9 Å². The van der Waals surface area contributed by atoms with E-state index in [9.17, 15) is 18.3 Å². The number of piperazine rings is 1. The number of aryl methyl sites for hydroxylation is 3. The minimum absolute atomic E-state index is 0.138. The SMILES string of the molecule is Cc1ccc(S(C)(=O)=O)cc1C(=O)N1CCN(c2cc(C)c(O)c(C)c2)CC1. The monoisotopic (exact) mass is 402 g/mol. The Balaban J connectivity index is 1.76. The third-order valence-electron chi connectivity index (χ3n) is 5.28. The number of phenols is 1. The number of anilines is 1. The van der Waals surface area contributed by atoms with Gasteiger partial charge in [0.05, 0.1) is 4.90 Å². The lowest BCUT2D eigenvalue weighted by Gasteiger charge is -2.36. The van der Waals surface area contributed by atoms with Gasteiger partial charge in [0.25, 0.3) is 5.91 Å². The number of benzene rings is 2. The summed E-state index contributed by atoms with van der Waals surface area (Å²) in [5.74, 6) is 0.180. The maximum atomic E-state index is 13.0. The molecule has 2 aromatic carbocycles. The summed E-state index contributed by atoms with van der Waals surface area (Å²) in [6.45, 7) is 8.05. The van der Waals surface area contributed by atoms with Gasteiger partial charge in [0, 0.05) is 43.7 Å². The van der Waals surface area contributed by atoms with Crippen molar-refractivity contribution < 1.29 is 18.3 Å². The van der Waals surface area contributed by atoms with Crippen molar-refractivity contribution in [2.24, 2.45) is 0 Å². The number of phenolic OH excluding ortho intramolecular Hbond substituents is 1. The molecule has 2 aromatic rings. The van der Waals surface area contributed by atoms with Crippen LogP contribution in [-0.4, -0.2) is 56.8 Å². The zero-order valence-corrected chi connectivity index (χ0v) is 17.5. The quantitative estimate of drug-likeness (QED) is 0.854. The van der Waals surface area contributed by atoms with Crippen molar-refractivity contribution in [3.63, 3.8) is 0 Å². The third kappa shape index (κ3) is 3.99. The molecule has 1 heterocycles. The predicted octanol–water partition coefficient (Wildman–Crippen LogP) is 2.68. The van der Waals surface area contributed by atoms with Crippen molar-refractivity contribution in [3.05, 3.63) is 52.6 Å². The van der Waals surface area contributed by atoms with Crippen molar-refractivity contribution >= 4 is 21.4 Å². The van der Waals surface area contributed by atoms with Gasteiger partial charge in [0.2, 0.25) is 0 Å². The summed E-state index contributed by atoms with van der Waals surface area (Å²) >= 11 is 0. The van der Waals surface area contributed by atoms with Gasteiger partial charge in [-0.3, -0.25) is 4.79 Å². The lowest BCUT2D eigenvalue weighted by Crippen LogP contribution is -2.49. The maximum absolute atomic E-state index is 13.0. The molecule has 0 aromatic heterocycles. The van der Waals surface area contributed by atoms with Gasteiger partial charge in [-0.2, -0.15) is 0 Å². The predicted molar refractivity (Wildman–Crippen MR) is 110 cm³/mol. The van der Waals surface area contributed by atoms with Crippen LogP contribution in [-0.2, 0) is 9.84 Å². The maximum Gasteiger partial charge on any atom is 0.254 e. The zero-order chi connectivity index (χ0) is 20.6. The molecule has 1 fully saturated rings. The molecule has 1 N–H and O–H groups in total. The molecule has 0 spiro atoms. The molecule has 7 heteroatoms. The molecule has 6 nitrogen and oxygen atoms in total. The molecule has 0 saturated carbocycles. The van der Waals surface area contributed by atoms with Crippen LogP contribution in [0.2, 0.25) is 0 Å². The average Bonchev–Trinajstić information content (AvgIpc) is 2.64. The molecule has 1 saturated heterocycles. The van der Waals surface area contributed by atoms with Gasteiger partial charge in [-0.05, 0) is 61.7 Å². The van der Waals surface area contributed by atoms with Crippen LogP contribution in [0, 0.1) is 20.8 Å². The molecule has 150 valence electrons. The van der Waals surface area contributed by atoms with Gasteiger partial charge in [0.15, 0.2) is 9.84 Å². The summed E-state index contributed by atoms with van der Waals surface area (Å²) < 4.78 is 23.6. The molecule has 1 amide bonds. The second kappa shape index (κ2) is 7.47. The Labute approximate surface area is 166 Å². The number of amides is 1. The van der Waals surface area contributed by atoms with Crippen LogP contribution in [0.5, 0.6) is 5.75 Å². The topological polar surface area (TPSA) is 77.9 Å². The first-order valence-corrected chi connectivity index (χ1v) is 11.1. The fourth-order valence-electron chi connectivity index (χ4n) is 3.52. The van der Waals surface area contributed by atoms with Crippen molar-refractivity contribution in [2.45, 2.75) is 25.7 Å². The summed E-state index contributed by atoms with van der Waals surface area (Å²) in [4.78, 5) is 17.1. The van der Waals surface area contributed by atoms with E-state index < -0.39 is 9.84 Å². The second-order valence-electron chi connectivity index (χ2n) is 7.46. The molecular weight excluding hydrogens is 376 g/mol. The second-order valence-corrected chi connectivity index (χ2v) is 9.47. The molecule has 0 radical (unpaired) electrons. The standard InChI is InChI=1S/C21H26N2O4S/c1-14-5-6-18(28(4,26)27)13-19(14)21(25)23-9-7-22(8-10-23)17-11-15(2)20(24)16(3)12-17/h5-6,11-13,24H,7-10H2,1-4H3. The third-order valence-corrected chi connectivity index (χ3v) is 6.39. The first-order valence-electron chi connectivity index (χ1n) is 9.23. The molecule has 3 rings (SSSR count). The van der Waals surface area contributed by atoms with E-state index in [1.54, 1.807) is 11.0 Å². The highest BCUT2D eigenvalue weighted by Crippen LogP contribution is 2.28. The average molecular weight is 403 g/mol. The molecular formula is C21H26N2O4S. The zero-order valence-electron chi connectivity index (χ0n) is 16.7. The smallest absolute Gasteiger partial charge is 0.254 e. The van der Waals surface area contributed by atoms with E-state index in [0.717, 1.165) is 28.6 Å². The Kier molecular flexibility index (Phi) is 5.39. The lowest BCUT2D eigenvalue weighted by atomic mass is 10.1. The minimum Gasteiger partial charge on any atom is -0.507 e. The molecule has 0 unspecified atom stereocenters. The summed E-state index contributed by atoms with van der Waals surface area (Å²) in [7, 11) is -3.36. The molecule has 0 bridgehead atoms. The van der Waals surface area contributed by atoms with E-state index in [1.807, 2.05) is 32.9 Å². The molecule has 0 aliphatic carbocycles. The van der Waals surface area contributed by atoms with Gasteiger partial charge in [-0.15, -0.1) is 0 Å². The number of hydrogen-bond acceptors (Lipinski definition) is 5. The van der Waals surface area contributed by atoms with Crippen LogP contribution in [0.4, 0.5) is 5.69 Å². The largest absolute Gasteiger partial charge is 0.507 e. The Morgan fingerprint density at radius 3 is 2.04 bits per heavy atom. The number of nitrogens with zero attached hydrogens (tertiary/aromatic N) is 2. The number of aromatic hydroxyl groups is 1. The van der Waals surface area contributed by atoms with E-state index >= 15 is 0 Å².